The zero-order valence-corrected chi connectivity index (χ0v) is 11.3. The molecule has 96 valence electrons. The predicted octanol–water partition coefficient (Wildman–Crippen LogP) is 4.31. The highest BCUT2D eigenvalue weighted by molar-refractivity contribution is 5.53. The fraction of sp³-hybridized carbons (Fsp3) is 0.600. The van der Waals surface area contributed by atoms with Gasteiger partial charge in [0.05, 0.1) is 6.10 Å². The first-order chi connectivity index (χ1) is 8.15. The molecule has 0 amide bonds. The van der Waals surface area contributed by atoms with E-state index in [-0.39, 0.29) is 6.10 Å². The molecule has 0 spiro atoms. The second kappa shape index (κ2) is 7.21. The van der Waals surface area contributed by atoms with E-state index in [1.54, 1.807) is 0 Å². The standard InChI is InChI=1S/C15H25NO/c1-4-5-6-7-9-12(2)17-15-11-8-10-14(16)13(15)3/h8,10-12H,4-7,9,16H2,1-3H3. The zero-order valence-electron chi connectivity index (χ0n) is 11.3. The van der Waals surface area contributed by atoms with Gasteiger partial charge in [-0.25, -0.2) is 0 Å². The lowest BCUT2D eigenvalue weighted by atomic mass is 10.1. The van der Waals surface area contributed by atoms with E-state index in [9.17, 15) is 0 Å². The van der Waals surface area contributed by atoms with Crippen LogP contribution in [0.4, 0.5) is 5.69 Å². The summed E-state index contributed by atoms with van der Waals surface area (Å²) < 4.78 is 5.93. The van der Waals surface area contributed by atoms with Crippen LogP contribution < -0.4 is 10.5 Å². The van der Waals surface area contributed by atoms with Crippen LogP contribution >= 0.6 is 0 Å². The minimum Gasteiger partial charge on any atom is -0.490 e. The average molecular weight is 235 g/mol. The summed E-state index contributed by atoms with van der Waals surface area (Å²) in [6.07, 6.45) is 6.55. The molecule has 1 unspecified atom stereocenters. The van der Waals surface area contributed by atoms with Crippen molar-refractivity contribution in [2.75, 3.05) is 5.73 Å². The summed E-state index contributed by atoms with van der Waals surface area (Å²) >= 11 is 0. The number of rotatable bonds is 7. The normalized spacial score (nSPS) is 12.4. The number of anilines is 1. The van der Waals surface area contributed by atoms with Crippen molar-refractivity contribution in [3.63, 3.8) is 0 Å². The summed E-state index contributed by atoms with van der Waals surface area (Å²) in [7, 11) is 0. The van der Waals surface area contributed by atoms with Crippen molar-refractivity contribution in [2.45, 2.75) is 59.0 Å². The predicted molar refractivity (Wildman–Crippen MR) is 74.4 cm³/mol. The maximum atomic E-state index is 5.93. The van der Waals surface area contributed by atoms with Gasteiger partial charge < -0.3 is 10.5 Å². The van der Waals surface area contributed by atoms with E-state index in [1.807, 2.05) is 25.1 Å². The molecule has 1 aromatic carbocycles. The van der Waals surface area contributed by atoms with Gasteiger partial charge in [0.15, 0.2) is 0 Å². The van der Waals surface area contributed by atoms with Crippen molar-refractivity contribution < 1.29 is 4.74 Å². The van der Waals surface area contributed by atoms with E-state index in [0.29, 0.717) is 0 Å². The molecule has 0 aliphatic carbocycles. The molecule has 0 aromatic heterocycles. The average Bonchev–Trinajstić information content (AvgIpc) is 2.31. The lowest BCUT2D eigenvalue weighted by Gasteiger charge is -2.17. The van der Waals surface area contributed by atoms with Gasteiger partial charge in [-0.05, 0) is 38.8 Å². The van der Waals surface area contributed by atoms with Gasteiger partial charge in [-0.3, -0.25) is 0 Å². The molecule has 0 bridgehead atoms. The van der Waals surface area contributed by atoms with Gasteiger partial charge in [-0.2, -0.15) is 0 Å². The number of hydrogen-bond donors (Lipinski definition) is 1. The van der Waals surface area contributed by atoms with Crippen LogP contribution in [0.25, 0.3) is 0 Å². The lowest BCUT2D eigenvalue weighted by Crippen LogP contribution is -2.12. The molecule has 1 rings (SSSR count). The third-order valence-corrected chi connectivity index (χ3v) is 3.12. The van der Waals surface area contributed by atoms with Crippen LogP contribution in [0.2, 0.25) is 0 Å². The Morgan fingerprint density at radius 2 is 2.00 bits per heavy atom. The summed E-state index contributed by atoms with van der Waals surface area (Å²) in [6.45, 7) is 6.37. The quantitative estimate of drug-likeness (QED) is 0.564. The van der Waals surface area contributed by atoms with Crippen LogP contribution in [0, 0.1) is 6.92 Å². The van der Waals surface area contributed by atoms with Crippen molar-refractivity contribution in [1.29, 1.82) is 0 Å². The van der Waals surface area contributed by atoms with Crippen molar-refractivity contribution in [1.82, 2.24) is 0 Å². The molecule has 0 saturated heterocycles. The Morgan fingerprint density at radius 1 is 1.24 bits per heavy atom. The van der Waals surface area contributed by atoms with E-state index in [2.05, 4.69) is 13.8 Å². The van der Waals surface area contributed by atoms with E-state index in [0.717, 1.165) is 23.4 Å². The van der Waals surface area contributed by atoms with E-state index >= 15 is 0 Å². The van der Waals surface area contributed by atoms with Gasteiger partial charge in [0, 0.05) is 11.3 Å². The fourth-order valence-electron chi connectivity index (χ4n) is 1.89. The lowest BCUT2D eigenvalue weighted by molar-refractivity contribution is 0.205. The van der Waals surface area contributed by atoms with Crippen LogP contribution in [-0.4, -0.2) is 6.10 Å². The zero-order chi connectivity index (χ0) is 12.7. The maximum absolute atomic E-state index is 5.93. The van der Waals surface area contributed by atoms with E-state index in [1.165, 1.54) is 25.7 Å². The van der Waals surface area contributed by atoms with Gasteiger partial charge in [0.1, 0.15) is 5.75 Å². The van der Waals surface area contributed by atoms with Crippen LogP contribution in [0.1, 0.15) is 51.5 Å². The van der Waals surface area contributed by atoms with E-state index < -0.39 is 0 Å². The molecule has 0 radical (unpaired) electrons. The maximum Gasteiger partial charge on any atom is 0.124 e. The van der Waals surface area contributed by atoms with Crippen LogP contribution in [0.5, 0.6) is 5.75 Å². The van der Waals surface area contributed by atoms with Gasteiger partial charge >= 0.3 is 0 Å². The summed E-state index contributed by atoms with van der Waals surface area (Å²) in [5.74, 6) is 0.924. The van der Waals surface area contributed by atoms with Crippen molar-refractivity contribution >= 4 is 5.69 Å². The monoisotopic (exact) mass is 235 g/mol. The minimum atomic E-state index is 0.271. The second-order valence-corrected chi connectivity index (χ2v) is 4.75. The minimum absolute atomic E-state index is 0.271. The molecule has 0 heterocycles. The Kier molecular flexibility index (Phi) is 5.88. The highest BCUT2D eigenvalue weighted by atomic mass is 16.5. The third kappa shape index (κ3) is 4.68. The number of unbranched alkanes of at least 4 members (excludes halogenated alkanes) is 3. The summed E-state index contributed by atoms with van der Waals surface area (Å²) in [5, 5.41) is 0. The molecule has 0 aliphatic heterocycles. The summed E-state index contributed by atoms with van der Waals surface area (Å²) in [5.41, 5.74) is 7.71. The molecule has 0 fully saturated rings. The smallest absolute Gasteiger partial charge is 0.124 e. The second-order valence-electron chi connectivity index (χ2n) is 4.75. The van der Waals surface area contributed by atoms with Crippen LogP contribution in [0.15, 0.2) is 18.2 Å². The summed E-state index contributed by atoms with van der Waals surface area (Å²) in [6, 6.07) is 5.85. The molecule has 2 heteroatoms. The first-order valence-corrected chi connectivity index (χ1v) is 6.67. The Balaban J connectivity index is 2.39. The first-order valence-electron chi connectivity index (χ1n) is 6.67. The van der Waals surface area contributed by atoms with Gasteiger partial charge in [-0.15, -0.1) is 0 Å². The number of benzene rings is 1. The van der Waals surface area contributed by atoms with Gasteiger partial charge in [-0.1, -0.05) is 32.3 Å². The Bertz CT molecular complexity index is 336. The largest absolute Gasteiger partial charge is 0.490 e. The number of ether oxygens (including phenoxy) is 1. The van der Waals surface area contributed by atoms with E-state index in [4.69, 9.17) is 10.5 Å². The molecule has 2 nitrogen and oxygen atoms in total. The topological polar surface area (TPSA) is 35.2 Å². The van der Waals surface area contributed by atoms with Crippen LogP contribution in [-0.2, 0) is 0 Å². The van der Waals surface area contributed by atoms with Gasteiger partial charge in [0.25, 0.3) is 0 Å². The first kappa shape index (κ1) is 13.9. The highest BCUT2D eigenvalue weighted by Crippen LogP contribution is 2.24. The molecular weight excluding hydrogens is 210 g/mol. The molecule has 17 heavy (non-hydrogen) atoms. The molecule has 1 atom stereocenters. The fourth-order valence-corrected chi connectivity index (χ4v) is 1.89. The number of hydrogen-bond acceptors (Lipinski definition) is 2. The van der Waals surface area contributed by atoms with Gasteiger partial charge in [0.2, 0.25) is 0 Å². The SMILES string of the molecule is CCCCCCC(C)Oc1cccc(N)c1C. The van der Waals surface area contributed by atoms with Crippen molar-refractivity contribution in [3.05, 3.63) is 23.8 Å². The molecule has 1 aromatic rings. The van der Waals surface area contributed by atoms with Crippen molar-refractivity contribution in [3.8, 4) is 5.75 Å². The highest BCUT2D eigenvalue weighted by Gasteiger charge is 2.07. The molecular formula is C15H25NO. The number of nitrogen functional groups attached to an aromatic ring is 1. The van der Waals surface area contributed by atoms with Crippen molar-refractivity contribution in [2.24, 2.45) is 0 Å². The molecule has 0 saturated carbocycles. The third-order valence-electron chi connectivity index (χ3n) is 3.12. The summed E-state index contributed by atoms with van der Waals surface area (Å²) in [4.78, 5) is 0. The molecule has 0 aliphatic rings. The molecule has 2 N–H and O–H groups in total. The Labute approximate surface area is 105 Å². The van der Waals surface area contributed by atoms with Crippen LogP contribution in [0.3, 0.4) is 0 Å². The number of nitrogens with two attached hydrogens (primary N) is 1. The Hall–Kier alpha value is -1.18. The Morgan fingerprint density at radius 3 is 2.71 bits per heavy atom.